The van der Waals surface area contributed by atoms with Crippen molar-refractivity contribution in [2.75, 3.05) is 26.2 Å². The standard InChI is InChI=1S/C28H42N4O4/c1-5-8-22(20-11-9-19(4)10-12-20)30-27(35)32-25(34)28(6-2,7-3)26(32)36-18-24(33)31-16-15-29-17-23(31)21-13-14-21/h9-12,21-23,26,29H,5-8,13-18H2,1-4H3,(H,30,35)/t22-,23?,26?/m1/s1. The Morgan fingerprint density at radius 2 is 1.86 bits per heavy atom. The molecule has 0 radical (unpaired) electrons. The summed E-state index contributed by atoms with van der Waals surface area (Å²) in [4.78, 5) is 43.0. The zero-order chi connectivity index (χ0) is 25.9. The number of imide groups is 1. The molecule has 2 saturated heterocycles. The number of aryl methyl sites for hydroxylation is 1. The Balaban J connectivity index is 1.46. The average molecular weight is 499 g/mol. The van der Waals surface area contributed by atoms with Crippen LogP contribution in [0.2, 0.25) is 0 Å². The van der Waals surface area contributed by atoms with Gasteiger partial charge in [0.15, 0.2) is 6.23 Å². The first-order chi connectivity index (χ1) is 17.4. The third-order valence-electron chi connectivity index (χ3n) is 8.32. The van der Waals surface area contributed by atoms with Crippen molar-refractivity contribution in [1.29, 1.82) is 0 Å². The van der Waals surface area contributed by atoms with Crippen LogP contribution in [0.15, 0.2) is 24.3 Å². The van der Waals surface area contributed by atoms with Crippen molar-refractivity contribution in [2.24, 2.45) is 11.3 Å². The Bertz CT molecular complexity index is 941. The Morgan fingerprint density at radius 3 is 2.47 bits per heavy atom. The summed E-state index contributed by atoms with van der Waals surface area (Å²) in [5.41, 5.74) is 1.39. The molecule has 0 aromatic heterocycles. The van der Waals surface area contributed by atoms with Gasteiger partial charge in [0, 0.05) is 25.7 Å². The lowest BCUT2D eigenvalue weighted by molar-refractivity contribution is -0.212. The van der Waals surface area contributed by atoms with Crippen molar-refractivity contribution in [2.45, 2.75) is 84.5 Å². The van der Waals surface area contributed by atoms with Gasteiger partial charge in [-0.3, -0.25) is 9.59 Å². The van der Waals surface area contributed by atoms with E-state index in [1.165, 1.54) is 4.90 Å². The minimum Gasteiger partial charge on any atom is -0.347 e. The van der Waals surface area contributed by atoms with E-state index in [1.54, 1.807) is 0 Å². The second-order valence-electron chi connectivity index (χ2n) is 10.6. The van der Waals surface area contributed by atoms with Crippen molar-refractivity contribution in [1.82, 2.24) is 20.4 Å². The molecule has 8 heteroatoms. The second kappa shape index (κ2) is 11.3. The van der Waals surface area contributed by atoms with Gasteiger partial charge < -0.3 is 20.3 Å². The lowest BCUT2D eigenvalue weighted by Crippen LogP contribution is -2.73. The van der Waals surface area contributed by atoms with Gasteiger partial charge in [0.05, 0.1) is 11.5 Å². The lowest BCUT2D eigenvalue weighted by Gasteiger charge is -2.53. The Kier molecular flexibility index (Phi) is 8.35. The fourth-order valence-electron chi connectivity index (χ4n) is 5.77. The molecule has 198 valence electrons. The van der Waals surface area contributed by atoms with Crippen molar-refractivity contribution >= 4 is 17.8 Å². The molecule has 0 spiro atoms. The van der Waals surface area contributed by atoms with Crippen LogP contribution in [0.5, 0.6) is 0 Å². The summed E-state index contributed by atoms with van der Waals surface area (Å²) < 4.78 is 6.14. The molecule has 2 N–H and O–H groups in total. The number of benzene rings is 1. The Morgan fingerprint density at radius 1 is 1.17 bits per heavy atom. The molecule has 2 unspecified atom stereocenters. The molecule has 8 nitrogen and oxygen atoms in total. The molecule has 1 aromatic carbocycles. The number of nitrogens with zero attached hydrogens (tertiary/aromatic N) is 2. The molecule has 3 atom stereocenters. The molecule has 1 aromatic rings. The van der Waals surface area contributed by atoms with Crippen molar-refractivity contribution in [3.8, 4) is 0 Å². The maximum absolute atomic E-state index is 13.4. The zero-order valence-corrected chi connectivity index (χ0v) is 22.2. The number of hydrogen-bond donors (Lipinski definition) is 2. The molecule has 3 aliphatic rings. The van der Waals surface area contributed by atoms with Crippen LogP contribution < -0.4 is 10.6 Å². The monoisotopic (exact) mass is 498 g/mol. The van der Waals surface area contributed by atoms with Crippen LogP contribution in [0.1, 0.15) is 76.5 Å². The number of carbonyl (C=O) groups excluding carboxylic acids is 3. The maximum Gasteiger partial charge on any atom is 0.326 e. The van der Waals surface area contributed by atoms with E-state index < -0.39 is 17.7 Å². The molecule has 1 saturated carbocycles. The maximum atomic E-state index is 13.4. The van der Waals surface area contributed by atoms with Crippen LogP contribution in [-0.4, -0.2) is 66.2 Å². The molecule has 3 fully saturated rings. The van der Waals surface area contributed by atoms with Crippen LogP contribution in [-0.2, 0) is 14.3 Å². The van der Waals surface area contributed by atoms with Gasteiger partial charge >= 0.3 is 6.03 Å². The van der Waals surface area contributed by atoms with Gasteiger partial charge in [-0.05, 0) is 50.5 Å². The van der Waals surface area contributed by atoms with E-state index in [4.69, 9.17) is 4.74 Å². The number of piperazine rings is 1. The molecule has 36 heavy (non-hydrogen) atoms. The van der Waals surface area contributed by atoms with E-state index >= 15 is 0 Å². The number of rotatable bonds is 10. The van der Waals surface area contributed by atoms with Crippen LogP contribution in [0, 0.1) is 18.3 Å². The van der Waals surface area contributed by atoms with Gasteiger partial charge in [-0.25, -0.2) is 9.69 Å². The molecule has 0 bridgehead atoms. The fourth-order valence-corrected chi connectivity index (χ4v) is 5.77. The van der Waals surface area contributed by atoms with Crippen molar-refractivity contribution in [3.63, 3.8) is 0 Å². The highest BCUT2D eigenvalue weighted by Crippen LogP contribution is 2.46. The average Bonchev–Trinajstić information content (AvgIpc) is 3.73. The quantitative estimate of drug-likeness (QED) is 0.480. The van der Waals surface area contributed by atoms with Gasteiger partial charge in [0.25, 0.3) is 0 Å². The van der Waals surface area contributed by atoms with E-state index in [9.17, 15) is 14.4 Å². The highest BCUT2D eigenvalue weighted by molar-refractivity contribution is 6.03. The third-order valence-corrected chi connectivity index (χ3v) is 8.32. The van der Waals surface area contributed by atoms with E-state index in [1.807, 2.05) is 49.9 Å². The Hall–Kier alpha value is -2.45. The minimum absolute atomic E-state index is 0.0577. The molecular weight excluding hydrogens is 456 g/mol. The van der Waals surface area contributed by atoms with Gasteiger partial charge in [-0.15, -0.1) is 0 Å². The smallest absolute Gasteiger partial charge is 0.326 e. The van der Waals surface area contributed by atoms with E-state index in [0.29, 0.717) is 25.3 Å². The highest BCUT2D eigenvalue weighted by atomic mass is 16.5. The SMILES string of the molecule is CCC[C@@H](NC(=O)N1C(=O)C(CC)(CC)C1OCC(=O)N1CCNCC1C1CC1)c1ccc(C)cc1. The van der Waals surface area contributed by atoms with Crippen molar-refractivity contribution in [3.05, 3.63) is 35.4 Å². The van der Waals surface area contributed by atoms with Gasteiger partial charge in [-0.1, -0.05) is 57.0 Å². The normalized spacial score (nSPS) is 24.3. The summed E-state index contributed by atoms with van der Waals surface area (Å²) in [6.07, 6.45) is 4.35. The minimum atomic E-state index is -0.777. The first-order valence-electron chi connectivity index (χ1n) is 13.7. The summed E-state index contributed by atoms with van der Waals surface area (Å²) in [6.45, 7) is 10.1. The van der Waals surface area contributed by atoms with Crippen LogP contribution >= 0.6 is 0 Å². The number of ether oxygens (including phenoxy) is 1. The van der Waals surface area contributed by atoms with E-state index in [2.05, 4.69) is 17.6 Å². The van der Waals surface area contributed by atoms with Crippen LogP contribution in [0.25, 0.3) is 0 Å². The predicted octanol–water partition coefficient (Wildman–Crippen LogP) is 3.75. The number of carbonyl (C=O) groups is 3. The fraction of sp³-hybridized carbons (Fsp3) is 0.679. The summed E-state index contributed by atoms with van der Waals surface area (Å²) >= 11 is 0. The highest BCUT2D eigenvalue weighted by Gasteiger charge is 2.62. The number of amides is 4. The van der Waals surface area contributed by atoms with E-state index in [0.717, 1.165) is 49.9 Å². The number of urea groups is 1. The third kappa shape index (κ3) is 5.16. The topological polar surface area (TPSA) is 91.0 Å². The number of β-lactam (4-membered cyclic amide) rings is 1. The van der Waals surface area contributed by atoms with E-state index in [-0.39, 0.29) is 30.5 Å². The number of nitrogens with one attached hydrogen (secondary N) is 2. The molecule has 2 heterocycles. The lowest BCUT2D eigenvalue weighted by atomic mass is 9.72. The molecule has 4 rings (SSSR count). The second-order valence-corrected chi connectivity index (χ2v) is 10.6. The van der Waals surface area contributed by atoms with Crippen LogP contribution in [0.4, 0.5) is 4.79 Å². The number of likely N-dealkylation sites (tertiary alicyclic amines) is 1. The van der Waals surface area contributed by atoms with Gasteiger partial charge in [-0.2, -0.15) is 0 Å². The molecule has 1 aliphatic carbocycles. The summed E-state index contributed by atoms with van der Waals surface area (Å²) in [6, 6.07) is 7.66. The van der Waals surface area contributed by atoms with Gasteiger partial charge in [0.1, 0.15) is 6.61 Å². The first kappa shape index (κ1) is 26.6. The van der Waals surface area contributed by atoms with Crippen LogP contribution in [0.3, 0.4) is 0 Å². The largest absolute Gasteiger partial charge is 0.347 e. The first-order valence-corrected chi connectivity index (χ1v) is 13.7. The Labute approximate surface area is 215 Å². The molecule has 4 amide bonds. The summed E-state index contributed by atoms with van der Waals surface area (Å²) in [5.74, 6) is 0.286. The molecular formula is C28H42N4O4. The molecule has 2 aliphatic heterocycles. The van der Waals surface area contributed by atoms with Gasteiger partial charge in [0.2, 0.25) is 11.8 Å². The predicted molar refractivity (Wildman–Crippen MR) is 138 cm³/mol. The van der Waals surface area contributed by atoms with Crippen molar-refractivity contribution < 1.29 is 19.1 Å². The summed E-state index contributed by atoms with van der Waals surface area (Å²) in [5, 5.41) is 6.46. The summed E-state index contributed by atoms with van der Waals surface area (Å²) in [7, 11) is 0. The number of hydrogen-bond acceptors (Lipinski definition) is 5. The zero-order valence-electron chi connectivity index (χ0n) is 22.2.